The van der Waals surface area contributed by atoms with Gasteiger partial charge in [-0.2, -0.15) is 4.98 Å². The van der Waals surface area contributed by atoms with Crippen molar-refractivity contribution in [1.29, 1.82) is 0 Å². The highest BCUT2D eigenvalue weighted by Crippen LogP contribution is 2.15. The molecule has 0 unspecified atom stereocenters. The van der Waals surface area contributed by atoms with E-state index in [2.05, 4.69) is 20.6 Å². The Morgan fingerprint density at radius 3 is 2.48 bits per heavy atom. The second kappa shape index (κ2) is 6.83. The van der Waals surface area contributed by atoms with Gasteiger partial charge in [0.05, 0.1) is 0 Å². The second-order valence-corrected chi connectivity index (χ2v) is 4.84. The largest absolute Gasteiger partial charge is 0.366 e. The molecule has 0 bridgehead atoms. The van der Waals surface area contributed by atoms with Crippen molar-refractivity contribution in [2.75, 3.05) is 10.6 Å². The number of hydrogen-bond acceptors (Lipinski definition) is 4. The number of nitrogens with zero attached hydrogens (tertiary/aromatic N) is 2. The number of aromatic nitrogens is 2. The van der Waals surface area contributed by atoms with Gasteiger partial charge >= 0.3 is 0 Å². The maximum absolute atomic E-state index is 13.6. The van der Waals surface area contributed by atoms with Crippen molar-refractivity contribution in [2.45, 2.75) is 6.54 Å². The third-order valence-electron chi connectivity index (χ3n) is 3.17. The molecular formula is C17H14F2N4. The number of rotatable bonds is 5. The van der Waals surface area contributed by atoms with Crippen LogP contribution in [0.4, 0.5) is 26.2 Å². The Labute approximate surface area is 132 Å². The van der Waals surface area contributed by atoms with Crippen LogP contribution in [0.1, 0.15) is 5.56 Å². The lowest BCUT2D eigenvalue weighted by atomic mass is 10.2. The van der Waals surface area contributed by atoms with Gasteiger partial charge in [-0.15, -0.1) is 0 Å². The van der Waals surface area contributed by atoms with Crippen molar-refractivity contribution in [3.63, 3.8) is 0 Å². The van der Waals surface area contributed by atoms with Gasteiger partial charge in [-0.25, -0.2) is 13.8 Å². The average molecular weight is 312 g/mol. The first-order valence-electron chi connectivity index (χ1n) is 7.03. The van der Waals surface area contributed by atoms with E-state index in [1.807, 2.05) is 0 Å². The van der Waals surface area contributed by atoms with Crippen molar-refractivity contribution in [1.82, 2.24) is 9.97 Å². The van der Waals surface area contributed by atoms with Crippen molar-refractivity contribution < 1.29 is 8.78 Å². The summed E-state index contributed by atoms with van der Waals surface area (Å²) in [4.78, 5) is 8.39. The Morgan fingerprint density at radius 2 is 1.70 bits per heavy atom. The zero-order valence-corrected chi connectivity index (χ0v) is 12.1. The van der Waals surface area contributed by atoms with Crippen LogP contribution in [0.2, 0.25) is 0 Å². The maximum atomic E-state index is 13.6. The van der Waals surface area contributed by atoms with Crippen molar-refractivity contribution in [2.24, 2.45) is 0 Å². The van der Waals surface area contributed by atoms with Crippen molar-refractivity contribution in [3.05, 3.63) is 78.0 Å². The molecule has 0 fully saturated rings. The van der Waals surface area contributed by atoms with Gasteiger partial charge in [-0.3, -0.25) is 0 Å². The minimum Gasteiger partial charge on any atom is -0.366 e. The minimum absolute atomic E-state index is 0.265. The molecule has 1 aromatic heterocycles. The molecule has 0 atom stereocenters. The van der Waals surface area contributed by atoms with E-state index in [0.29, 0.717) is 29.6 Å². The predicted molar refractivity (Wildman–Crippen MR) is 85.4 cm³/mol. The topological polar surface area (TPSA) is 49.8 Å². The van der Waals surface area contributed by atoms with Crippen LogP contribution in [0, 0.1) is 11.6 Å². The summed E-state index contributed by atoms with van der Waals surface area (Å²) in [5.74, 6) is 0.360. The molecule has 2 aromatic carbocycles. The van der Waals surface area contributed by atoms with Gasteiger partial charge in [-0.1, -0.05) is 18.2 Å². The van der Waals surface area contributed by atoms with E-state index in [1.54, 1.807) is 42.6 Å². The molecule has 6 heteroatoms. The number of benzene rings is 2. The third kappa shape index (κ3) is 4.00. The Hall–Kier alpha value is -3.02. The van der Waals surface area contributed by atoms with E-state index in [0.717, 1.165) is 0 Å². The van der Waals surface area contributed by atoms with E-state index in [1.165, 1.54) is 18.2 Å². The molecule has 1 heterocycles. The molecule has 0 aliphatic carbocycles. The number of hydrogen-bond donors (Lipinski definition) is 2. The molecule has 0 amide bonds. The smallest absolute Gasteiger partial charge is 0.229 e. The SMILES string of the molecule is Fc1ccc(Nc2nccc(NCc3ccccc3F)n2)cc1. The molecule has 0 saturated heterocycles. The first-order chi connectivity index (χ1) is 11.2. The Bertz CT molecular complexity index is 791. The van der Waals surface area contributed by atoms with Gasteiger partial charge < -0.3 is 10.6 Å². The van der Waals surface area contributed by atoms with E-state index in [4.69, 9.17) is 0 Å². The Kier molecular flexibility index (Phi) is 4.42. The highest BCUT2D eigenvalue weighted by atomic mass is 19.1. The lowest BCUT2D eigenvalue weighted by molar-refractivity contribution is 0.613. The van der Waals surface area contributed by atoms with Gasteiger partial charge in [0.15, 0.2) is 0 Å². The lowest BCUT2D eigenvalue weighted by Crippen LogP contribution is -2.05. The van der Waals surface area contributed by atoms with Crippen LogP contribution < -0.4 is 10.6 Å². The summed E-state index contributed by atoms with van der Waals surface area (Å²) in [6.07, 6.45) is 1.59. The molecule has 0 aliphatic rings. The van der Waals surface area contributed by atoms with E-state index >= 15 is 0 Å². The molecule has 23 heavy (non-hydrogen) atoms. The maximum Gasteiger partial charge on any atom is 0.229 e. The lowest BCUT2D eigenvalue weighted by Gasteiger charge is -2.09. The van der Waals surface area contributed by atoms with E-state index in [9.17, 15) is 8.78 Å². The van der Waals surface area contributed by atoms with Crippen LogP contribution in [-0.4, -0.2) is 9.97 Å². The number of anilines is 3. The van der Waals surface area contributed by atoms with Crippen molar-refractivity contribution in [3.8, 4) is 0 Å². The van der Waals surface area contributed by atoms with Crippen LogP contribution in [0.3, 0.4) is 0 Å². The van der Waals surface area contributed by atoms with E-state index < -0.39 is 0 Å². The highest BCUT2D eigenvalue weighted by molar-refractivity contribution is 5.54. The normalized spacial score (nSPS) is 10.3. The molecule has 2 N–H and O–H groups in total. The summed E-state index contributed by atoms with van der Waals surface area (Å²) in [5, 5.41) is 6.02. The van der Waals surface area contributed by atoms with Crippen LogP contribution in [-0.2, 0) is 6.54 Å². The number of nitrogens with one attached hydrogen (secondary N) is 2. The van der Waals surface area contributed by atoms with Gasteiger partial charge in [0.2, 0.25) is 5.95 Å². The zero-order chi connectivity index (χ0) is 16.1. The molecule has 4 nitrogen and oxygen atoms in total. The van der Waals surface area contributed by atoms with Crippen LogP contribution in [0.5, 0.6) is 0 Å². The second-order valence-electron chi connectivity index (χ2n) is 4.84. The standard InChI is InChI=1S/C17H14F2N4/c18-13-5-7-14(8-6-13)22-17-20-10-9-16(23-17)21-11-12-3-1-2-4-15(12)19/h1-10H,11H2,(H2,20,21,22,23). The van der Waals surface area contributed by atoms with Gasteiger partial charge in [0.1, 0.15) is 17.5 Å². The Balaban J connectivity index is 1.67. The summed E-state index contributed by atoms with van der Waals surface area (Å²) in [7, 11) is 0. The van der Waals surface area contributed by atoms with Gasteiger partial charge in [0, 0.05) is 24.0 Å². The molecule has 0 saturated carbocycles. The highest BCUT2D eigenvalue weighted by Gasteiger charge is 2.03. The summed E-state index contributed by atoms with van der Waals surface area (Å²) in [5.41, 5.74) is 1.23. The third-order valence-corrected chi connectivity index (χ3v) is 3.17. The van der Waals surface area contributed by atoms with Crippen LogP contribution in [0.25, 0.3) is 0 Å². The van der Waals surface area contributed by atoms with Crippen LogP contribution >= 0.6 is 0 Å². The fraction of sp³-hybridized carbons (Fsp3) is 0.0588. The molecule has 0 spiro atoms. The fourth-order valence-corrected chi connectivity index (χ4v) is 2.01. The van der Waals surface area contributed by atoms with E-state index in [-0.39, 0.29) is 11.6 Å². The first-order valence-corrected chi connectivity index (χ1v) is 7.03. The molecule has 3 aromatic rings. The summed E-state index contributed by atoms with van der Waals surface area (Å²) >= 11 is 0. The average Bonchev–Trinajstić information content (AvgIpc) is 2.57. The molecule has 3 rings (SSSR count). The monoisotopic (exact) mass is 312 g/mol. The van der Waals surface area contributed by atoms with Crippen molar-refractivity contribution >= 4 is 17.5 Å². The first kappa shape index (κ1) is 14.9. The summed E-state index contributed by atoms with van der Waals surface area (Å²) in [6, 6.07) is 14.1. The molecule has 0 aliphatic heterocycles. The zero-order valence-electron chi connectivity index (χ0n) is 12.1. The number of halogens is 2. The fourth-order valence-electron chi connectivity index (χ4n) is 2.01. The Morgan fingerprint density at radius 1 is 0.913 bits per heavy atom. The predicted octanol–water partition coefficient (Wildman–Crippen LogP) is 4.11. The van der Waals surface area contributed by atoms with Gasteiger partial charge in [0.25, 0.3) is 0 Å². The summed E-state index contributed by atoms with van der Waals surface area (Å²) in [6.45, 7) is 0.319. The molecule has 0 radical (unpaired) electrons. The molecule has 116 valence electrons. The van der Waals surface area contributed by atoms with Gasteiger partial charge in [-0.05, 0) is 36.4 Å². The quantitative estimate of drug-likeness (QED) is 0.744. The summed E-state index contributed by atoms with van der Waals surface area (Å²) < 4.78 is 26.5. The molecular weight excluding hydrogens is 298 g/mol. The van der Waals surface area contributed by atoms with Crippen LogP contribution in [0.15, 0.2) is 60.8 Å². The minimum atomic E-state index is -0.309.